The number of hydrogen-bond donors (Lipinski definition) is 0. The third-order valence-electron chi connectivity index (χ3n) is 3.56. The van der Waals surface area contributed by atoms with Crippen LogP contribution >= 0.6 is 11.3 Å². The van der Waals surface area contributed by atoms with Gasteiger partial charge in [-0.3, -0.25) is 0 Å². The van der Waals surface area contributed by atoms with Crippen LogP contribution in [0.3, 0.4) is 0 Å². The molecule has 1 rings (SSSR count). The molecule has 22 heavy (non-hydrogen) atoms. The quantitative estimate of drug-likeness (QED) is 0.577. The molecule has 3 heteroatoms. The molecule has 0 aliphatic carbocycles. The van der Waals surface area contributed by atoms with Crippen LogP contribution in [0.1, 0.15) is 34.7 Å². The molecule has 0 aromatic carbocycles. The number of aryl methyl sites for hydroxylation is 2. The van der Waals surface area contributed by atoms with Crippen molar-refractivity contribution >= 4 is 17.4 Å². The molecule has 0 bridgehead atoms. The summed E-state index contributed by atoms with van der Waals surface area (Å²) >= 11 is 1.78. The Morgan fingerprint density at radius 2 is 1.77 bits per heavy atom. The third kappa shape index (κ3) is 5.39. The predicted molar refractivity (Wildman–Crippen MR) is 96.1 cm³/mol. The van der Waals surface area contributed by atoms with Crippen LogP contribution < -0.4 is 0 Å². The maximum atomic E-state index is 14.1. The second-order valence-electron chi connectivity index (χ2n) is 5.35. The summed E-state index contributed by atoms with van der Waals surface area (Å²) in [5.74, 6) is -0.219. The van der Waals surface area contributed by atoms with Crippen LogP contribution in [-0.4, -0.2) is 13.7 Å². The first-order valence-corrected chi connectivity index (χ1v) is 8.13. The molecular formula is C19H25FOS. The Kier molecular flexibility index (Phi) is 7.49. The molecule has 120 valence electrons. The van der Waals surface area contributed by atoms with Crippen LogP contribution in [0.5, 0.6) is 0 Å². The second-order valence-corrected chi connectivity index (χ2v) is 6.78. The Bertz CT molecular complexity index is 630. The van der Waals surface area contributed by atoms with Crippen LogP contribution in [0.25, 0.3) is 6.08 Å². The van der Waals surface area contributed by atoms with Crippen LogP contribution in [-0.2, 0) is 4.74 Å². The first kappa shape index (κ1) is 18.6. The summed E-state index contributed by atoms with van der Waals surface area (Å²) in [6, 6.07) is 0. The van der Waals surface area contributed by atoms with E-state index in [1.165, 1.54) is 27.0 Å². The highest BCUT2D eigenvalue weighted by Crippen LogP contribution is 2.28. The van der Waals surface area contributed by atoms with Gasteiger partial charge in [0.15, 0.2) is 0 Å². The minimum Gasteiger partial charge on any atom is -0.381 e. The number of hydrogen-bond acceptors (Lipinski definition) is 2. The summed E-state index contributed by atoms with van der Waals surface area (Å²) in [6.45, 7) is 10.6. The topological polar surface area (TPSA) is 9.23 Å². The van der Waals surface area contributed by atoms with Gasteiger partial charge >= 0.3 is 0 Å². The summed E-state index contributed by atoms with van der Waals surface area (Å²) in [7, 11) is 1.64. The van der Waals surface area contributed by atoms with Crippen molar-refractivity contribution < 1.29 is 9.13 Å². The van der Waals surface area contributed by atoms with E-state index < -0.39 is 0 Å². The average molecular weight is 320 g/mol. The zero-order valence-electron chi connectivity index (χ0n) is 14.3. The highest BCUT2D eigenvalue weighted by Gasteiger charge is 2.06. The van der Waals surface area contributed by atoms with Crippen molar-refractivity contribution in [2.75, 3.05) is 13.7 Å². The first-order valence-electron chi connectivity index (χ1n) is 7.31. The van der Waals surface area contributed by atoms with Crippen LogP contribution in [0.15, 0.2) is 41.3 Å². The molecule has 0 amide bonds. The molecule has 0 radical (unpaired) electrons. The van der Waals surface area contributed by atoms with Gasteiger partial charge < -0.3 is 4.74 Å². The smallest absolute Gasteiger partial charge is 0.126 e. The summed E-state index contributed by atoms with van der Waals surface area (Å²) in [5.41, 5.74) is 4.09. The minimum absolute atomic E-state index is 0.219. The molecule has 1 heterocycles. The van der Waals surface area contributed by atoms with Crippen molar-refractivity contribution in [1.82, 2.24) is 0 Å². The fourth-order valence-electron chi connectivity index (χ4n) is 1.96. The van der Waals surface area contributed by atoms with E-state index in [9.17, 15) is 4.39 Å². The molecular weight excluding hydrogens is 295 g/mol. The summed E-state index contributed by atoms with van der Waals surface area (Å²) in [4.78, 5) is 2.59. The molecule has 0 saturated carbocycles. The number of allylic oxidation sites excluding steroid dienone is 6. The van der Waals surface area contributed by atoms with Gasteiger partial charge in [0.25, 0.3) is 0 Å². The molecule has 0 aliphatic heterocycles. The lowest BCUT2D eigenvalue weighted by Gasteiger charge is -1.98. The Hall–Kier alpha value is -1.45. The predicted octanol–water partition coefficient (Wildman–Crippen LogP) is 6.08. The average Bonchev–Trinajstić information content (AvgIpc) is 2.73. The van der Waals surface area contributed by atoms with Crippen molar-refractivity contribution in [3.63, 3.8) is 0 Å². The normalized spacial score (nSPS) is 14.2. The molecule has 1 aromatic heterocycles. The molecule has 0 atom stereocenters. The van der Waals surface area contributed by atoms with Gasteiger partial charge in [-0.2, -0.15) is 0 Å². The maximum absolute atomic E-state index is 14.1. The summed E-state index contributed by atoms with van der Waals surface area (Å²) in [5, 5.41) is 0. The standard InChI is InChI=1S/C19H25FOS/c1-13(11-12-21-6)7-10-19(20)14(2)8-9-18-15(3)16(4)22-17(18)5/h7-11H,12H2,1-6H3. The lowest BCUT2D eigenvalue weighted by molar-refractivity contribution is 0.233. The zero-order valence-corrected chi connectivity index (χ0v) is 15.1. The van der Waals surface area contributed by atoms with Crippen molar-refractivity contribution in [2.24, 2.45) is 0 Å². The van der Waals surface area contributed by atoms with Gasteiger partial charge in [-0.1, -0.05) is 29.9 Å². The Morgan fingerprint density at radius 1 is 1.09 bits per heavy atom. The van der Waals surface area contributed by atoms with Crippen LogP contribution in [0, 0.1) is 20.8 Å². The molecule has 0 saturated heterocycles. The molecule has 1 aromatic rings. The third-order valence-corrected chi connectivity index (χ3v) is 4.70. The van der Waals surface area contributed by atoms with Gasteiger partial charge in [-0.25, -0.2) is 4.39 Å². The largest absolute Gasteiger partial charge is 0.381 e. The minimum atomic E-state index is -0.219. The Balaban J connectivity index is 2.87. The summed E-state index contributed by atoms with van der Waals surface area (Å²) in [6.07, 6.45) is 9.02. The number of halogens is 1. The number of rotatable bonds is 6. The Morgan fingerprint density at radius 3 is 2.32 bits per heavy atom. The summed E-state index contributed by atoms with van der Waals surface area (Å²) < 4.78 is 19.0. The fourth-order valence-corrected chi connectivity index (χ4v) is 3.02. The van der Waals surface area contributed by atoms with E-state index in [-0.39, 0.29) is 5.83 Å². The maximum Gasteiger partial charge on any atom is 0.126 e. The molecule has 0 fully saturated rings. The van der Waals surface area contributed by atoms with Crippen molar-refractivity contribution in [1.29, 1.82) is 0 Å². The lowest BCUT2D eigenvalue weighted by atomic mass is 10.1. The zero-order chi connectivity index (χ0) is 16.7. The number of ether oxygens (including phenoxy) is 1. The molecule has 1 nitrogen and oxygen atoms in total. The van der Waals surface area contributed by atoms with Gasteiger partial charge in [0.1, 0.15) is 5.83 Å². The van der Waals surface area contributed by atoms with E-state index in [4.69, 9.17) is 4.74 Å². The Labute approximate surface area is 137 Å². The van der Waals surface area contributed by atoms with E-state index in [0.29, 0.717) is 12.2 Å². The lowest BCUT2D eigenvalue weighted by Crippen LogP contribution is -1.83. The van der Waals surface area contributed by atoms with Gasteiger partial charge in [0.2, 0.25) is 0 Å². The van der Waals surface area contributed by atoms with E-state index >= 15 is 0 Å². The van der Waals surface area contributed by atoms with Gasteiger partial charge in [0, 0.05) is 16.9 Å². The van der Waals surface area contributed by atoms with Gasteiger partial charge in [0.05, 0.1) is 6.61 Å². The molecule has 0 N–H and O–H groups in total. The van der Waals surface area contributed by atoms with Crippen LogP contribution in [0.4, 0.5) is 4.39 Å². The second kappa shape index (κ2) is 8.86. The van der Waals surface area contributed by atoms with Crippen molar-refractivity contribution in [2.45, 2.75) is 34.6 Å². The SMILES string of the molecule is COCC=C(C)C=CC(F)=C(C)C=Cc1c(C)sc(C)c1C. The van der Waals surface area contributed by atoms with Crippen LogP contribution in [0.2, 0.25) is 0 Å². The highest BCUT2D eigenvalue weighted by atomic mass is 32.1. The monoisotopic (exact) mass is 320 g/mol. The van der Waals surface area contributed by atoms with E-state index in [1.807, 2.05) is 25.2 Å². The van der Waals surface area contributed by atoms with E-state index in [1.54, 1.807) is 31.4 Å². The van der Waals surface area contributed by atoms with Gasteiger partial charge in [-0.15, -0.1) is 11.3 Å². The molecule has 0 aliphatic rings. The van der Waals surface area contributed by atoms with E-state index in [0.717, 1.165) is 5.57 Å². The van der Waals surface area contributed by atoms with Crippen molar-refractivity contribution in [3.8, 4) is 0 Å². The number of methoxy groups -OCH3 is 1. The fraction of sp³-hybridized carbons (Fsp3) is 0.368. The first-order chi connectivity index (χ1) is 10.4. The van der Waals surface area contributed by atoms with Gasteiger partial charge in [-0.05, 0) is 57.4 Å². The highest BCUT2D eigenvalue weighted by molar-refractivity contribution is 7.12. The number of thiophene rings is 1. The molecule has 0 spiro atoms. The van der Waals surface area contributed by atoms with E-state index in [2.05, 4.69) is 20.8 Å². The molecule has 0 unspecified atom stereocenters. The van der Waals surface area contributed by atoms with Crippen molar-refractivity contribution in [3.05, 3.63) is 62.2 Å².